The second-order valence-electron chi connectivity index (χ2n) is 7.72. The zero-order chi connectivity index (χ0) is 24.4. The highest BCUT2D eigenvalue weighted by molar-refractivity contribution is 9.10. The summed E-state index contributed by atoms with van der Waals surface area (Å²) in [7, 11) is 1.83. The summed E-state index contributed by atoms with van der Waals surface area (Å²) < 4.78 is 26.9. The van der Waals surface area contributed by atoms with Gasteiger partial charge in [0.25, 0.3) is 0 Å². The Bertz CT molecular complexity index is 1360. The number of pyridine rings is 1. The standard InChI is InChI=1S/C23H21BrFN5O3S/c1-4-17-10-18(34-28-17)7-14-12-29(3)27-22(14)19-6-5-16(25)9-20(19)13(2)33-21-8-15(24)11-26-23(21)30(31)32/h5-6,8-13H,4,7H2,1-3H3/t13-/m1/s1. The summed E-state index contributed by atoms with van der Waals surface area (Å²) >= 11 is 4.72. The van der Waals surface area contributed by atoms with E-state index < -0.39 is 22.7 Å². The molecular formula is C23H21BrFN5O3S. The molecule has 3 heterocycles. The first kappa shape index (κ1) is 24.0. The van der Waals surface area contributed by atoms with Crippen LogP contribution in [-0.4, -0.2) is 24.1 Å². The maximum atomic E-state index is 14.3. The SMILES string of the molecule is CCc1cc(Cc2cn(C)nc2-c2ccc(F)cc2[C@@H](C)Oc2cc(Br)cnc2[N+](=O)[O-])sn1. The van der Waals surface area contributed by atoms with Gasteiger partial charge in [0, 0.05) is 47.3 Å². The second kappa shape index (κ2) is 9.98. The van der Waals surface area contributed by atoms with Crippen molar-refractivity contribution in [1.29, 1.82) is 0 Å². The topological polar surface area (TPSA) is 96.0 Å². The van der Waals surface area contributed by atoms with Crippen LogP contribution in [0.4, 0.5) is 10.2 Å². The predicted molar refractivity (Wildman–Crippen MR) is 131 cm³/mol. The van der Waals surface area contributed by atoms with Crippen molar-refractivity contribution in [3.05, 3.63) is 84.8 Å². The molecule has 0 unspecified atom stereocenters. The molecule has 0 N–H and O–H groups in total. The zero-order valence-corrected chi connectivity index (χ0v) is 21.1. The lowest BCUT2D eigenvalue weighted by atomic mass is 9.97. The van der Waals surface area contributed by atoms with E-state index in [9.17, 15) is 14.5 Å². The third kappa shape index (κ3) is 5.15. The summed E-state index contributed by atoms with van der Waals surface area (Å²) in [5.74, 6) is -0.868. The molecule has 0 radical (unpaired) electrons. The number of halogens is 2. The highest BCUT2D eigenvalue weighted by Crippen LogP contribution is 2.36. The Kier molecular flexibility index (Phi) is 7.03. The molecule has 11 heteroatoms. The van der Waals surface area contributed by atoms with Gasteiger partial charge in [0.15, 0.2) is 6.20 Å². The number of hydrogen-bond donors (Lipinski definition) is 0. The molecular weight excluding hydrogens is 525 g/mol. The van der Waals surface area contributed by atoms with E-state index in [1.165, 1.54) is 35.9 Å². The molecule has 0 spiro atoms. The normalized spacial score (nSPS) is 12.0. The fraction of sp³-hybridized carbons (Fsp3) is 0.261. The predicted octanol–water partition coefficient (Wildman–Crippen LogP) is 6.04. The van der Waals surface area contributed by atoms with Crippen molar-refractivity contribution >= 4 is 33.3 Å². The van der Waals surface area contributed by atoms with Crippen LogP contribution in [0.3, 0.4) is 0 Å². The minimum absolute atomic E-state index is 0.0138. The quantitative estimate of drug-likeness (QED) is 0.198. The third-order valence-corrected chi connectivity index (χ3v) is 6.48. The molecule has 1 atom stereocenters. The van der Waals surface area contributed by atoms with Crippen LogP contribution < -0.4 is 4.74 Å². The summed E-state index contributed by atoms with van der Waals surface area (Å²) in [6.45, 7) is 3.77. The van der Waals surface area contributed by atoms with Gasteiger partial charge in [-0.15, -0.1) is 0 Å². The van der Waals surface area contributed by atoms with E-state index in [0.29, 0.717) is 27.7 Å². The summed E-state index contributed by atoms with van der Waals surface area (Å²) in [4.78, 5) is 15.7. The van der Waals surface area contributed by atoms with Crippen molar-refractivity contribution in [1.82, 2.24) is 19.1 Å². The van der Waals surface area contributed by atoms with Crippen molar-refractivity contribution < 1.29 is 14.1 Å². The van der Waals surface area contributed by atoms with Gasteiger partial charge in [-0.3, -0.25) is 4.68 Å². The number of aryl methyl sites for hydroxylation is 2. The van der Waals surface area contributed by atoms with Crippen molar-refractivity contribution in [2.75, 3.05) is 0 Å². The molecule has 176 valence electrons. The number of rotatable bonds is 8. The number of hydrogen-bond acceptors (Lipinski definition) is 7. The third-order valence-electron chi connectivity index (χ3n) is 5.22. The van der Waals surface area contributed by atoms with Gasteiger partial charge in [-0.2, -0.15) is 9.47 Å². The fourth-order valence-corrected chi connectivity index (χ4v) is 4.80. The first-order valence-electron chi connectivity index (χ1n) is 10.5. The van der Waals surface area contributed by atoms with Crippen molar-refractivity contribution in [2.45, 2.75) is 32.8 Å². The molecule has 1 aromatic carbocycles. The van der Waals surface area contributed by atoms with Crippen LogP contribution in [0.25, 0.3) is 11.3 Å². The maximum Gasteiger partial charge on any atom is 0.406 e. The molecule has 0 bridgehead atoms. The Morgan fingerprint density at radius 3 is 2.82 bits per heavy atom. The highest BCUT2D eigenvalue weighted by atomic mass is 79.9. The summed E-state index contributed by atoms with van der Waals surface area (Å²) in [5, 5.41) is 16.0. The molecule has 0 aliphatic carbocycles. The second-order valence-corrected chi connectivity index (χ2v) is 9.52. The van der Waals surface area contributed by atoms with Crippen molar-refractivity contribution in [2.24, 2.45) is 7.05 Å². The lowest BCUT2D eigenvalue weighted by molar-refractivity contribution is -0.390. The Balaban J connectivity index is 1.73. The van der Waals surface area contributed by atoms with E-state index in [4.69, 9.17) is 4.74 Å². The molecule has 0 amide bonds. The maximum absolute atomic E-state index is 14.3. The first-order chi connectivity index (χ1) is 16.2. The monoisotopic (exact) mass is 545 g/mol. The Labute approximate surface area is 207 Å². The average Bonchev–Trinajstić information content (AvgIpc) is 3.39. The van der Waals surface area contributed by atoms with E-state index in [-0.39, 0.29) is 5.75 Å². The molecule has 0 aliphatic heterocycles. The van der Waals surface area contributed by atoms with E-state index in [2.05, 4.69) is 43.4 Å². The van der Waals surface area contributed by atoms with Crippen molar-refractivity contribution in [3.8, 4) is 17.0 Å². The number of ether oxygens (including phenoxy) is 1. The van der Waals surface area contributed by atoms with Gasteiger partial charge < -0.3 is 14.9 Å². The zero-order valence-electron chi connectivity index (χ0n) is 18.7. The molecule has 0 saturated carbocycles. The molecule has 0 aliphatic rings. The van der Waals surface area contributed by atoms with Gasteiger partial charge in [-0.05, 0) is 75.0 Å². The van der Waals surface area contributed by atoms with E-state index in [1.54, 1.807) is 17.7 Å². The molecule has 34 heavy (non-hydrogen) atoms. The van der Waals surface area contributed by atoms with E-state index >= 15 is 0 Å². The lowest BCUT2D eigenvalue weighted by Crippen LogP contribution is -2.08. The average molecular weight is 546 g/mol. The van der Waals surface area contributed by atoms with Crippen LogP contribution in [-0.2, 0) is 19.9 Å². The Hall–Kier alpha value is -3.18. The van der Waals surface area contributed by atoms with Crippen LogP contribution in [0.1, 0.15) is 41.6 Å². The van der Waals surface area contributed by atoms with Gasteiger partial charge in [-0.25, -0.2) is 4.39 Å². The molecule has 4 rings (SSSR count). The first-order valence-corrected chi connectivity index (χ1v) is 12.0. The minimum Gasteiger partial charge on any atom is -0.478 e. The number of benzene rings is 1. The lowest BCUT2D eigenvalue weighted by Gasteiger charge is -2.18. The van der Waals surface area contributed by atoms with E-state index in [0.717, 1.165) is 22.6 Å². The minimum atomic E-state index is -0.717. The van der Waals surface area contributed by atoms with Gasteiger partial charge >= 0.3 is 5.82 Å². The Morgan fingerprint density at radius 1 is 1.32 bits per heavy atom. The van der Waals surface area contributed by atoms with Gasteiger partial charge in [0.1, 0.15) is 11.9 Å². The molecule has 0 saturated heterocycles. The summed E-state index contributed by atoms with van der Waals surface area (Å²) in [6.07, 6.45) is 4.04. The highest BCUT2D eigenvalue weighted by Gasteiger charge is 2.24. The molecule has 3 aromatic heterocycles. The molecule has 8 nitrogen and oxygen atoms in total. The summed E-state index contributed by atoms with van der Waals surface area (Å²) in [5.41, 5.74) is 3.91. The smallest absolute Gasteiger partial charge is 0.406 e. The van der Waals surface area contributed by atoms with Crippen LogP contribution in [0, 0.1) is 15.9 Å². The Morgan fingerprint density at radius 2 is 2.12 bits per heavy atom. The van der Waals surface area contributed by atoms with Gasteiger partial charge in [-0.1, -0.05) is 6.92 Å². The van der Waals surface area contributed by atoms with Crippen molar-refractivity contribution in [3.63, 3.8) is 0 Å². The van der Waals surface area contributed by atoms with Gasteiger partial charge in [0.05, 0.1) is 15.9 Å². The fourth-order valence-electron chi connectivity index (χ4n) is 3.66. The van der Waals surface area contributed by atoms with E-state index in [1.807, 2.05) is 13.2 Å². The number of nitro groups is 1. The summed E-state index contributed by atoms with van der Waals surface area (Å²) in [6, 6.07) is 7.96. The van der Waals surface area contributed by atoms with Crippen LogP contribution in [0.2, 0.25) is 0 Å². The number of nitrogens with zero attached hydrogens (tertiary/aromatic N) is 5. The largest absolute Gasteiger partial charge is 0.478 e. The van der Waals surface area contributed by atoms with Crippen LogP contribution in [0.5, 0.6) is 5.75 Å². The van der Waals surface area contributed by atoms with Gasteiger partial charge in [0.2, 0.25) is 5.75 Å². The molecule has 0 fully saturated rings. The van der Waals surface area contributed by atoms with Crippen LogP contribution >= 0.6 is 27.5 Å². The van der Waals surface area contributed by atoms with Crippen LogP contribution in [0.15, 0.2) is 47.2 Å². The molecule has 4 aromatic rings. The number of aromatic nitrogens is 4.